The third-order valence-electron chi connectivity index (χ3n) is 3.44. The predicted molar refractivity (Wildman–Crippen MR) is 80.4 cm³/mol. The number of ether oxygens (including phenoxy) is 1. The first-order valence-electron chi connectivity index (χ1n) is 6.23. The fraction of sp³-hybridized carbons (Fsp3) is 0.462. The number of nitrogens with two attached hydrogens (primary N) is 1. The lowest BCUT2D eigenvalue weighted by Crippen LogP contribution is -2.22. The highest BCUT2D eigenvalue weighted by Crippen LogP contribution is 2.24. The van der Waals surface area contributed by atoms with Crippen LogP contribution in [-0.4, -0.2) is 22.8 Å². The van der Waals surface area contributed by atoms with Crippen LogP contribution in [0.15, 0.2) is 18.2 Å². The Morgan fingerprint density at radius 2 is 2.39 bits per heavy atom. The molecule has 2 aromatic rings. The summed E-state index contributed by atoms with van der Waals surface area (Å²) < 4.78 is 8.83. The minimum atomic E-state index is 0.553. The molecule has 0 amide bonds. The Bertz CT molecular complexity index is 561. The second kappa shape index (κ2) is 5.05. The largest absolute Gasteiger partial charge is 0.381 e. The second-order valence-electron chi connectivity index (χ2n) is 4.80. The van der Waals surface area contributed by atoms with E-state index in [1.54, 1.807) is 0 Å². The maximum atomic E-state index is 6.03. The molecule has 1 saturated heterocycles. The minimum Gasteiger partial charge on any atom is -0.381 e. The lowest BCUT2D eigenvalue weighted by Gasteiger charge is -2.23. The van der Waals surface area contributed by atoms with Crippen LogP contribution in [0.2, 0.25) is 0 Å². The van der Waals surface area contributed by atoms with Crippen LogP contribution in [0.1, 0.15) is 12.8 Å². The number of fused-ring (bicyclic) bond motifs is 1. The third-order valence-corrected chi connectivity index (χ3v) is 4.11. The highest BCUT2D eigenvalue weighted by atomic mass is 127. The number of nitrogens with zero attached hydrogens (tertiary/aromatic N) is 2. The molecule has 1 fully saturated rings. The number of benzene rings is 1. The lowest BCUT2D eigenvalue weighted by atomic mass is 10.0. The van der Waals surface area contributed by atoms with Crippen LogP contribution in [0.4, 0.5) is 5.95 Å². The maximum Gasteiger partial charge on any atom is 0.201 e. The van der Waals surface area contributed by atoms with E-state index in [0.29, 0.717) is 11.9 Å². The van der Waals surface area contributed by atoms with E-state index < -0.39 is 0 Å². The number of hydrogen-bond donors (Lipinski definition) is 1. The summed E-state index contributed by atoms with van der Waals surface area (Å²) in [6.07, 6.45) is 2.36. The maximum absolute atomic E-state index is 6.03. The van der Waals surface area contributed by atoms with Gasteiger partial charge in [0.2, 0.25) is 5.95 Å². The van der Waals surface area contributed by atoms with Crippen molar-refractivity contribution in [1.29, 1.82) is 0 Å². The van der Waals surface area contributed by atoms with Crippen LogP contribution in [0.5, 0.6) is 0 Å². The summed E-state index contributed by atoms with van der Waals surface area (Å²) in [5, 5.41) is 0. The summed E-state index contributed by atoms with van der Waals surface area (Å²) in [7, 11) is 0. The van der Waals surface area contributed by atoms with E-state index in [-0.39, 0.29) is 0 Å². The molecule has 1 aromatic carbocycles. The Kier molecular flexibility index (Phi) is 3.43. The lowest BCUT2D eigenvalue weighted by molar-refractivity contribution is 0.0490. The van der Waals surface area contributed by atoms with Crippen LogP contribution >= 0.6 is 22.6 Å². The zero-order chi connectivity index (χ0) is 12.5. The Morgan fingerprint density at radius 3 is 3.17 bits per heavy atom. The topological polar surface area (TPSA) is 53.1 Å². The first-order valence-corrected chi connectivity index (χ1v) is 7.31. The monoisotopic (exact) mass is 357 g/mol. The van der Waals surface area contributed by atoms with Crippen molar-refractivity contribution >= 4 is 39.6 Å². The Balaban J connectivity index is 1.92. The molecule has 0 spiro atoms. The van der Waals surface area contributed by atoms with Gasteiger partial charge < -0.3 is 15.0 Å². The van der Waals surface area contributed by atoms with Crippen LogP contribution in [0, 0.1) is 9.49 Å². The molecule has 3 rings (SSSR count). The van der Waals surface area contributed by atoms with E-state index in [1.165, 1.54) is 9.99 Å². The molecule has 1 aromatic heterocycles. The average molecular weight is 357 g/mol. The molecule has 4 nitrogen and oxygen atoms in total. The van der Waals surface area contributed by atoms with Gasteiger partial charge in [-0.3, -0.25) is 0 Å². The van der Waals surface area contributed by atoms with Crippen molar-refractivity contribution in [3.05, 3.63) is 21.8 Å². The molecule has 1 atom stereocenters. The van der Waals surface area contributed by atoms with Gasteiger partial charge in [0.25, 0.3) is 0 Å². The summed E-state index contributed by atoms with van der Waals surface area (Å²) in [5.41, 5.74) is 8.14. The smallest absolute Gasteiger partial charge is 0.201 e. The van der Waals surface area contributed by atoms with Gasteiger partial charge in [0.05, 0.1) is 17.6 Å². The highest BCUT2D eigenvalue weighted by molar-refractivity contribution is 14.1. The fourth-order valence-corrected chi connectivity index (χ4v) is 3.00. The van der Waals surface area contributed by atoms with Crippen molar-refractivity contribution in [2.75, 3.05) is 18.9 Å². The van der Waals surface area contributed by atoms with E-state index >= 15 is 0 Å². The first kappa shape index (κ1) is 12.2. The molecule has 18 heavy (non-hydrogen) atoms. The van der Waals surface area contributed by atoms with Crippen LogP contribution in [0.3, 0.4) is 0 Å². The van der Waals surface area contributed by atoms with E-state index in [4.69, 9.17) is 10.5 Å². The molecule has 96 valence electrons. The van der Waals surface area contributed by atoms with Crippen LogP contribution in [0.25, 0.3) is 11.0 Å². The van der Waals surface area contributed by atoms with Crippen molar-refractivity contribution < 1.29 is 4.74 Å². The van der Waals surface area contributed by atoms with Crippen molar-refractivity contribution in [2.24, 2.45) is 5.92 Å². The fourth-order valence-electron chi connectivity index (χ4n) is 2.52. The summed E-state index contributed by atoms with van der Waals surface area (Å²) in [5.74, 6) is 1.16. The van der Waals surface area contributed by atoms with Crippen molar-refractivity contribution in [2.45, 2.75) is 19.4 Å². The number of imidazole rings is 1. The van der Waals surface area contributed by atoms with Gasteiger partial charge in [-0.25, -0.2) is 4.98 Å². The van der Waals surface area contributed by atoms with Crippen LogP contribution in [-0.2, 0) is 11.3 Å². The summed E-state index contributed by atoms with van der Waals surface area (Å²) in [6, 6.07) is 6.27. The number of halogens is 1. The molecule has 1 unspecified atom stereocenters. The zero-order valence-electron chi connectivity index (χ0n) is 10.1. The number of anilines is 1. The van der Waals surface area contributed by atoms with Gasteiger partial charge in [0.1, 0.15) is 0 Å². The van der Waals surface area contributed by atoms with Crippen LogP contribution < -0.4 is 5.73 Å². The summed E-state index contributed by atoms with van der Waals surface area (Å²) >= 11 is 2.29. The number of rotatable bonds is 2. The minimum absolute atomic E-state index is 0.553. The summed E-state index contributed by atoms with van der Waals surface area (Å²) in [4.78, 5) is 4.43. The van der Waals surface area contributed by atoms with E-state index in [2.05, 4.69) is 50.3 Å². The Hall–Kier alpha value is -0.820. The normalized spacial score (nSPS) is 20.4. The van der Waals surface area contributed by atoms with Crippen molar-refractivity contribution in [1.82, 2.24) is 9.55 Å². The predicted octanol–water partition coefficient (Wildman–Crippen LogP) is 2.65. The summed E-state index contributed by atoms with van der Waals surface area (Å²) in [6.45, 7) is 2.64. The van der Waals surface area contributed by atoms with Gasteiger partial charge in [0, 0.05) is 22.6 Å². The highest BCUT2D eigenvalue weighted by Gasteiger charge is 2.17. The molecule has 0 aliphatic carbocycles. The number of nitrogen functional groups attached to an aromatic ring is 1. The van der Waals surface area contributed by atoms with Gasteiger partial charge >= 0.3 is 0 Å². The van der Waals surface area contributed by atoms with Gasteiger partial charge in [0.15, 0.2) is 0 Å². The molecule has 0 saturated carbocycles. The zero-order valence-corrected chi connectivity index (χ0v) is 12.3. The van der Waals surface area contributed by atoms with E-state index in [0.717, 1.165) is 37.2 Å². The molecule has 0 bridgehead atoms. The third kappa shape index (κ3) is 2.33. The molecule has 2 heterocycles. The molecular formula is C13H16IN3O. The molecule has 5 heteroatoms. The van der Waals surface area contributed by atoms with Gasteiger partial charge in [-0.15, -0.1) is 0 Å². The Labute approximate surface area is 120 Å². The molecular weight excluding hydrogens is 341 g/mol. The molecule has 2 N–H and O–H groups in total. The first-order chi connectivity index (χ1) is 8.74. The Morgan fingerprint density at radius 1 is 1.50 bits per heavy atom. The molecule has 0 radical (unpaired) electrons. The molecule has 1 aliphatic rings. The van der Waals surface area contributed by atoms with Crippen molar-refractivity contribution in [3.8, 4) is 0 Å². The SMILES string of the molecule is Nc1nc2cc(I)ccc2n1CC1CCCOC1. The van der Waals surface area contributed by atoms with E-state index in [1.807, 2.05) is 0 Å². The van der Waals surface area contributed by atoms with Gasteiger partial charge in [-0.2, -0.15) is 0 Å². The van der Waals surface area contributed by atoms with Gasteiger partial charge in [-0.1, -0.05) is 0 Å². The molecule has 1 aliphatic heterocycles. The second-order valence-corrected chi connectivity index (χ2v) is 6.04. The quantitative estimate of drug-likeness (QED) is 0.841. The van der Waals surface area contributed by atoms with Gasteiger partial charge in [-0.05, 0) is 53.6 Å². The average Bonchev–Trinajstić information content (AvgIpc) is 2.66. The number of hydrogen-bond acceptors (Lipinski definition) is 3. The number of aromatic nitrogens is 2. The van der Waals surface area contributed by atoms with E-state index in [9.17, 15) is 0 Å². The van der Waals surface area contributed by atoms with Crippen molar-refractivity contribution in [3.63, 3.8) is 0 Å². The standard InChI is InChI=1S/C13H16IN3O/c14-10-3-4-12-11(6-10)16-13(15)17(12)7-9-2-1-5-18-8-9/h3-4,6,9H,1-2,5,7-8H2,(H2,15,16).